The predicted molar refractivity (Wildman–Crippen MR) is 105 cm³/mol. The largest absolute Gasteiger partial charge is 0.346 e. The van der Waals surface area contributed by atoms with Crippen molar-refractivity contribution in [1.29, 1.82) is 0 Å². The van der Waals surface area contributed by atoms with E-state index in [-0.39, 0.29) is 35.6 Å². The molecule has 0 aliphatic heterocycles. The molecular weight excluding hydrogens is 357 g/mol. The van der Waals surface area contributed by atoms with Crippen LogP contribution in [0.15, 0.2) is 24.3 Å². The van der Waals surface area contributed by atoms with E-state index in [9.17, 15) is 9.18 Å². The molecule has 2 unspecified atom stereocenters. The summed E-state index contributed by atoms with van der Waals surface area (Å²) in [6, 6.07) is 6.55. The Labute approximate surface area is 164 Å². The maximum atomic E-state index is 13.7. The molecule has 0 radical (unpaired) electrons. The van der Waals surface area contributed by atoms with Gasteiger partial charge in [0.2, 0.25) is 5.82 Å². The van der Waals surface area contributed by atoms with E-state index in [1.165, 1.54) is 18.6 Å². The van der Waals surface area contributed by atoms with E-state index >= 15 is 0 Å². The molecule has 1 amide bonds. The molecule has 2 fully saturated rings. The Hall–Kier alpha value is -2.28. The number of hydrogen-bond acceptors (Lipinski definition) is 4. The summed E-state index contributed by atoms with van der Waals surface area (Å²) in [5.74, 6) is 1.09. The number of carbonyl (C=O) groups excluding carboxylic acids is 1. The van der Waals surface area contributed by atoms with Gasteiger partial charge >= 0.3 is 0 Å². The lowest BCUT2D eigenvalue weighted by atomic mass is 9.67. The number of aromatic nitrogens is 3. The summed E-state index contributed by atoms with van der Waals surface area (Å²) in [6.07, 6.45) is 5.35. The Morgan fingerprint density at radius 1 is 1.29 bits per heavy atom. The van der Waals surface area contributed by atoms with Crippen LogP contribution in [0.3, 0.4) is 0 Å². The Bertz CT molecular complexity index is 850. The van der Waals surface area contributed by atoms with Crippen LogP contribution in [0.1, 0.15) is 68.3 Å². The fourth-order valence-electron chi connectivity index (χ4n) is 4.83. The van der Waals surface area contributed by atoms with Crippen LogP contribution >= 0.6 is 0 Å². The summed E-state index contributed by atoms with van der Waals surface area (Å²) in [6.45, 7) is 3.96. The average Bonchev–Trinajstić information content (AvgIpc) is 3.08. The zero-order chi connectivity index (χ0) is 19.8. The molecule has 2 saturated carbocycles. The number of rotatable bonds is 4. The second kappa shape index (κ2) is 7.62. The first-order chi connectivity index (χ1) is 13.4. The molecule has 6 nitrogen and oxygen atoms in total. The molecule has 1 aromatic carbocycles. The maximum Gasteiger partial charge on any atom is 0.291 e. The highest BCUT2D eigenvalue weighted by Crippen LogP contribution is 2.39. The molecule has 1 aromatic heterocycles. The summed E-state index contributed by atoms with van der Waals surface area (Å²) < 4.78 is 15.2. The van der Waals surface area contributed by atoms with Gasteiger partial charge in [-0.2, -0.15) is 0 Å². The van der Waals surface area contributed by atoms with Crippen molar-refractivity contribution in [3.05, 3.63) is 41.7 Å². The summed E-state index contributed by atoms with van der Waals surface area (Å²) in [4.78, 5) is 17.4. The smallest absolute Gasteiger partial charge is 0.291 e. The number of nitrogens with one attached hydrogen (secondary N) is 1. The second-order valence-corrected chi connectivity index (χ2v) is 8.52. The molecule has 3 N–H and O–H groups in total. The van der Waals surface area contributed by atoms with Crippen molar-refractivity contribution in [2.24, 2.45) is 17.6 Å². The van der Waals surface area contributed by atoms with Crippen LogP contribution < -0.4 is 11.1 Å². The maximum absolute atomic E-state index is 13.7. The van der Waals surface area contributed by atoms with Crippen molar-refractivity contribution in [2.75, 3.05) is 0 Å². The highest BCUT2D eigenvalue weighted by atomic mass is 19.1. The van der Waals surface area contributed by atoms with Crippen molar-refractivity contribution in [3.8, 4) is 5.69 Å². The minimum absolute atomic E-state index is 0.0457. The standard InChI is InChI=1S/C21H28FN5O/c1-12(2)20-25-19(26-27(20)17-8-4-7-15(22)11-17)21(28)24-18-13-5-3-6-14(18)10-16(23)9-13/h4,7-8,11-14,16,18H,3,5-6,9-10,23H2,1-2H3,(H,24,28). The fourth-order valence-corrected chi connectivity index (χ4v) is 4.83. The van der Waals surface area contributed by atoms with E-state index < -0.39 is 0 Å². The van der Waals surface area contributed by atoms with Gasteiger partial charge in [0.05, 0.1) is 5.69 Å². The van der Waals surface area contributed by atoms with Crippen LogP contribution in [0.4, 0.5) is 4.39 Å². The van der Waals surface area contributed by atoms with Crippen molar-refractivity contribution < 1.29 is 9.18 Å². The lowest BCUT2D eigenvalue weighted by Gasteiger charge is -2.45. The van der Waals surface area contributed by atoms with Gasteiger partial charge in [0.25, 0.3) is 5.91 Å². The minimum Gasteiger partial charge on any atom is -0.346 e. The number of halogens is 1. The molecule has 2 aromatic rings. The van der Waals surface area contributed by atoms with Gasteiger partial charge in [-0.25, -0.2) is 14.1 Å². The minimum atomic E-state index is -0.347. The zero-order valence-electron chi connectivity index (χ0n) is 16.4. The Kier molecular flexibility index (Phi) is 5.19. The summed E-state index contributed by atoms with van der Waals surface area (Å²) in [5.41, 5.74) is 6.76. The molecule has 2 atom stereocenters. The second-order valence-electron chi connectivity index (χ2n) is 8.52. The van der Waals surface area contributed by atoms with Crippen LogP contribution in [0.25, 0.3) is 5.69 Å². The Morgan fingerprint density at radius 2 is 2.00 bits per heavy atom. The highest BCUT2D eigenvalue weighted by molar-refractivity contribution is 5.90. The van der Waals surface area contributed by atoms with Crippen LogP contribution in [0.5, 0.6) is 0 Å². The average molecular weight is 385 g/mol. The Morgan fingerprint density at radius 3 is 2.64 bits per heavy atom. The van der Waals surface area contributed by atoms with Gasteiger partial charge in [0.1, 0.15) is 11.6 Å². The van der Waals surface area contributed by atoms with Gasteiger partial charge in [-0.3, -0.25) is 4.79 Å². The number of nitrogens with two attached hydrogens (primary N) is 1. The van der Waals surface area contributed by atoms with Crippen LogP contribution in [0, 0.1) is 17.7 Å². The van der Waals surface area contributed by atoms with E-state index in [2.05, 4.69) is 15.4 Å². The van der Waals surface area contributed by atoms with E-state index in [0.29, 0.717) is 23.3 Å². The summed E-state index contributed by atoms with van der Waals surface area (Å²) in [7, 11) is 0. The van der Waals surface area contributed by atoms with Crippen molar-refractivity contribution >= 4 is 5.91 Å². The lowest BCUT2D eigenvalue weighted by Crippen LogP contribution is -2.53. The van der Waals surface area contributed by atoms with E-state index in [4.69, 9.17) is 5.73 Å². The third-order valence-electron chi connectivity index (χ3n) is 6.08. The number of amides is 1. The van der Waals surface area contributed by atoms with Gasteiger partial charge < -0.3 is 11.1 Å². The first-order valence-corrected chi connectivity index (χ1v) is 10.2. The normalized spacial score (nSPS) is 27.0. The zero-order valence-corrected chi connectivity index (χ0v) is 16.4. The Balaban J connectivity index is 1.59. The van der Waals surface area contributed by atoms with Crippen molar-refractivity contribution in [2.45, 2.75) is 64.0 Å². The molecule has 0 saturated heterocycles. The van der Waals surface area contributed by atoms with Gasteiger partial charge in [-0.05, 0) is 55.7 Å². The molecule has 0 spiro atoms. The molecule has 28 heavy (non-hydrogen) atoms. The number of fused-ring (bicyclic) bond motifs is 2. The van der Waals surface area contributed by atoms with E-state index in [1.807, 2.05) is 13.8 Å². The quantitative estimate of drug-likeness (QED) is 0.846. The topological polar surface area (TPSA) is 85.8 Å². The van der Waals surface area contributed by atoms with Crippen LogP contribution in [0.2, 0.25) is 0 Å². The SMILES string of the molecule is CC(C)c1nc(C(=O)NC2C3CCCC2CC(N)C3)nn1-c1cccc(F)c1. The summed E-state index contributed by atoms with van der Waals surface area (Å²) in [5, 5.41) is 7.61. The van der Waals surface area contributed by atoms with Crippen LogP contribution in [-0.2, 0) is 0 Å². The number of benzene rings is 1. The number of carbonyl (C=O) groups is 1. The molecule has 2 aliphatic rings. The van der Waals surface area contributed by atoms with Crippen molar-refractivity contribution in [3.63, 3.8) is 0 Å². The van der Waals surface area contributed by atoms with Crippen LogP contribution in [-0.4, -0.2) is 32.8 Å². The first-order valence-electron chi connectivity index (χ1n) is 10.2. The highest BCUT2D eigenvalue weighted by Gasteiger charge is 2.40. The third-order valence-corrected chi connectivity index (χ3v) is 6.08. The molecule has 4 rings (SSSR count). The molecule has 2 bridgehead atoms. The van der Waals surface area contributed by atoms with Crippen molar-refractivity contribution in [1.82, 2.24) is 20.1 Å². The number of hydrogen-bond donors (Lipinski definition) is 2. The predicted octanol–water partition coefficient (Wildman–Crippen LogP) is 3.17. The molecular formula is C21H28FN5O. The van der Waals surface area contributed by atoms with Gasteiger partial charge in [-0.1, -0.05) is 26.3 Å². The lowest BCUT2D eigenvalue weighted by molar-refractivity contribution is 0.0747. The van der Waals surface area contributed by atoms with Gasteiger partial charge in [0.15, 0.2) is 0 Å². The molecule has 7 heteroatoms. The first kappa shape index (κ1) is 19.1. The third kappa shape index (κ3) is 3.68. The molecule has 150 valence electrons. The van der Waals surface area contributed by atoms with Gasteiger partial charge in [0, 0.05) is 18.0 Å². The summed E-state index contributed by atoms with van der Waals surface area (Å²) >= 11 is 0. The van der Waals surface area contributed by atoms with Gasteiger partial charge in [-0.15, -0.1) is 5.10 Å². The van der Waals surface area contributed by atoms with E-state index in [0.717, 1.165) is 25.7 Å². The van der Waals surface area contributed by atoms with E-state index in [1.54, 1.807) is 16.8 Å². The molecule has 2 aliphatic carbocycles. The molecule has 1 heterocycles. The number of nitrogens with zero attached hydrogens (tertiary/aromatic N) is 3. The fraction of sp³-hybridized carbons (Fsp3) is 0.571. The monoisotopic (exact) mass is 385 g/mol.